The van der Waals surface area contributed by atoms with Crippen molar-refractivity contribution < 1.29 is 9.84 Å². The van der Waals surface area contributed by atoms with Crippen LogP contribution in [-0.2, 0) is 11.3 Å². The standard InChI is InChI=1S/C23H18Cl3NO2/c1-29-22-21(15-5-3-2-4-6-15)17-12-16(24)8-10-20(17)27(23(22)28)13-14-7-9-18(25)19(26)11-14/h2-12,23,28H,13H2,1H3. The van der Waals surface area contributed by atoms with Crippen molar-refractivity contribution in [3.05, 3.63) is 104 Å². The number of fused-ring (bicyclic) bond motifs is 1. The molecule has 1 atom stereocenters. The summed E-state index contributed by atoms with van der Waals surface area (Å²) in [6.45, 7) is 0.418. The van der Waals surface area contributed by atoms with E-state index in [9.17, 15) is 5.11 Å². The topological polar surface area (TPSA) is 32.7 Å². The fourth-order valence-corrected chi connectivity index (χ4v) is 4.10. The Hall–Kier alpha value is -2.17. The largest absolute Gasteiger partial charge is 0.496 e. The molecule has 1 N–H and O–H groups in total. The average molecular weight is 447 g/mol. The maximum absolute atomic E-state index is 11.2. The summed E-state index contributed by atoms with van der Waals surface area (Å²) in [5.74, 6) is 0.464. The van der Waals surface area contributed by atoms with Crippen molar-refractivity contribution >= 4 is 46.1 Å². The van der Waals surface area contributed by atoms with E-state index in [2.05, 4.69) is 0 Å². The molecule has 6 heteroatoms. The van der Waals surface area contributed by atoms with Crippen LogP contribution in [0.4, 0.5) is 5.69 Å². The van der Waals surface area contributed by atoms with Gasteiger partial charge in [-0.25, -0.2) is 0 Å². The van der Waals surface area contributed by atoms with Crippen LogP contribution >= 0.6 is 34.8 Å². The second-order valence-corrected chi connectivity index (χ2v) is 7.97. The van der Waals surface area contributed by atoms with Crippen molar-refractivity contribution in [2.75, 3.05) is 12.0 Å². The Bertz CT molecular complexity index is 1080. The molecule has 1 aliphatic rings. The number of halogens is 3. The molecular formula is C23H18Cl3NO2. The maximum atomic E-state index is 11.2. The van der Waals surface area contributed by atoms with Crippen LogP contribution in [0.25, 0.3) is 5.57 Å². The number of rotatable bonds is 4. The number of methoxy groups -OCH3 is 1. The van der Waals surface area contributed by atoms with Gasteiger partial charge in [-0.2, -0.15) is 0 Å². The Morgan fingerprint density at radius 2 is 1.69 bits per heavy atom. The Morgan fingerprint density at radius 3 is 2.38 bits per heavy atom. The first kappa shape index (κ1) is 20.1. The van der Waals surface area contributed by atoms with Crippen LogP contribution in [0.1, 0.15) is 16.7 Å². The number of hydrogen-bond donors (Lipinski definition) is 1. The second-order valence-electron chi connectivity index (χ2n) is 6.72. The van der Waals surface area contributed by atoms with E-state index in [0.29, 0.717) is 27.4 Å². The van der Waals surface area contributed by atoms with Gasteiger partial charge in [0, 0.05) is 28.4 Å². The van der Waals surface area contributed by atoms with E-state index in [4.69, 9.17) is 39.5 Å². The third kappa shape index (κ3) is 3.84. The zero-order chi connectivity index (χ0) is 20.5. The van der Waals surface area contributed by atoms with Crippen LogP contribution in [0.2, 0.25) is 15.1 Å². The summed E-state index contributed by atoms with van der Waals surface area (Å²) in [6, 6.07) is 20.9. The van der Waals surface area contributed by atoms with Gasteiger partial charge >= 0.3 is 0 Å². The number of nitrogens with zero attached hydrogens (tertiary/aromatic N) is 1. The summed E-state index contributed by atoms with van der Waals surface area (Å²) in [6.07, 6.45) is -0.974. The van der Waals surface area contributed by atoms with Crippen molar-refractivity contribution in [2.45, 2.75) is 12.8 Å². The molecular weight excluding hydrogens is 429 g/mol. The molecule has 1 aliphatic heterocycles. The van der Waals surface area contributed by atoms with E-state index in [-0.39, 0.29) is 0 Å². The van der Waals surface area contributed by atoms with Gasteiger partial charge in [-0.15, -0.1) is 0 Å². The molecule has 0 radical (unpaired) electrons. The molecule has 0 aromatic heterocycles. The molecule has 4 rings (SSSR count). The van der Waals surface area contributed by atoms with Gasteiger partial charge in [0.05, 0.1) is 17.2 Å². The fourth-order valence-electron chi connectivity index (χ4n) is 3.61. The van der Waals surface area contributed by atoms with Crippen molar-refractivity contribution in [2.24, 2.45) is 0 Å². The van der Waals surface area contributed by atoms with Gasteiger partial charge in [0.25, 0.3) is 0 Å². The molecule has 0 amide bonds. The summed E-state index contributed by atoms with van der Waals surface area (Å²) in [5, 5.41) is 12.8. The predicted molar refractivity (Wildman–Crippen MR) is 120 cm³/mol. The lowest BCUT2D eigenvalue weighted by Gasteiger charge is -2.38. The number of benzene rings is 3. The van der Waals surface area contributed by atoms with Gasteiger partial charge < -0.3 is 14.7 Å². The van der Waals surface area contributed by atoms with Gasteiger partial charge in [0.2, 0.25) is 0 Å². The SMILES string of the molecule is COC1=C(c2ccccc2)c2cc(Cl)ccc2N(Cc2ccc(Cl)c(Cl)c2)C1O. The van der Waals surface area contributed by atoms with Gasteiger partial charge in [-0.3, -0.25) is 0 Å². The van der Waals surface area contributed by atoms with E-state index >= 15 is 0 Å². The first-order valence-electron chi connectivity index (χ1n) is 9.01. The zero-order valence-electron chi connectivity index (χ0n) is 15.6. The van der Waals surface area contributed by atoms with Crippen molar-refractivity contribution in [3.8, 4) is 0 Å². The Labute approximate surface area is 184 Å². The van der Waals surface area contributed by atoms with E-state index in [1.807, 2.05) is 59.5 Å². The fraction of sp³-hybridized carbons (Fsp3) is 0.130. The smallest absolute Gasteiger partial charge is 0.187 e. The summed E-state index contributed by atoms with van der Waals surface area (Å²) >= 11 is 18.6. The van der Waals surface area contributed by atoms with Crippen LogP contribution in [0.3, 0.4) is 0 Å². The molecule has 0 aliphatic carbocycles. The molecule has 0 saturated heterocycles. The molecule has 3 nitrogen and oxygen atoms in total. The van der Waals surface area contributed by atoms with Gasteiger partial charge in [-0.05, 0) is 41.5 Å². The molecule has 0 bridgehead atoms. The highest BCUT2D eigenvalue weighted by atomic mass is 35.5. The van der Waals surface area contributed by atoms with Crippen molar-refractivity contribution in [1.82, 2.24) is 0 Å². The molecule has 0 spiro atoms. The molecule has 0 saturated carbocycles. The quantitative estimate of drug-likeness (QED) is 0.504. The maximum Gasteiger partial charge on any atom is 0.187 e. The summed E-state index contributed by atoms with van der Waals surface area (Å²) in [5.41, 5.74) is 4.43. The Morgan fingerprint density at radius 1 is 0.931 bits per heavy atom. The summed E-state index contributed by atoms with van der Waals surface area (Å²) in [7, 11) is 1.56. The summed E-state index contributed by atoms with van der Waals surface area (Å²) in [4.78, 5) is 1.86. The lowest BCUT2D eigenvalue weighted by atomic mass is 9.91. The number of ether oxygens (including phenoxy) is 1. The normalized spacial score (nSPS) is 16.0. The first-order chi connectivity index (χ1) is 14.0. The van der Waals surface area contributed by atoms with E-state index in [1.54, 1.807) is 19.2 Å². The number of aliphatic hydroxyl groups is 1. The van der Waals surface area contributed by atoms with E-state index in [1.165, 1.54) is 0 Å². The van der Waals surface area contributed by atoms with Crippen LogP contribution in [0.5, 0.6) is 0 Å². The molecule has 29 heavy (non-hydrogen) atoms. The minimum absolute atomic E-state index is 0.418. The van der Waals surface area contributed by atoms with Crippen LogP contribution in [0.15, 0.2) is 72.5 Å². The minimum atomic E-state index is -0.974. The summed E-state index contributed by atoms with van der Waals surface area (Å²) < 4.78 is 5.68. The second kappa shape index (κ2) is 8.29. The van der Waals surface area contributed by atoms with E-state index < -0.39 is 6.23 Å². The highest BCUT2D eigenvalue weighted by molar-refractivity contribution is 6.42. The molecule has 1 heterocycles. The molecule has 148 valence electrons. The minimum Gasteiger partial charge on any atom is -0.496 e. The molecule has 0 fully saturated rings. The highest BCUT2D eigenvalue weighted by Crippen LogP contribution is 2.43. The van der Waals surface area contributed by atoms with Crippen LogP contribution in [0, 0.1) is 0 Å². The van der Waals surface area contributed by atoms with Gasteiger partial charge in [0.15, 0.2) is 12.0 Å². The lowest BCUT2D eigenvalue weighted by molar-refractivity contribution is 0.123. The zero-order valence-corrected chi connectivity index (χ0v) is 17.8. The van der Waals surface area contributed by atoms with Crippen molar-refractivity contribution in [3.63, 3.8) is 0 Å². The molecule has 1 unspecified atom stereocenters. The molecule has 3 aromatic carbocycles. The predicted octanol–water partition coefficient (Wildman–Crippen LogP) is 6.39. The Balaban J connectivity index is 1.86. The number of anilines is 1. The van der Waals surface area contributed by atoms with E-state index in [0.717, 1.165) is 28.0 Å². The van der Waals surface area contributed by atoms with Gasteiger partial charge in [-0.1, -0.05) is 71.2 Å². The third-order valence-electron chi connectivity index (χ3n) is 4.93. The third-order valence-corrected chi connectivity index (χ3v) is 5.91. The number of hydrogen-bond acceptors (Lipinski definition) is 3. The lowest BCUT2D eigenvalue weighted by Crippen LogP contribution is -2.40. The monoisotopic (exact) mass is 445 g/mol. The van der Waals surface area contributed by atoms with Crippen LogP contribution < -0.4 is 4.90 Å². The number of aliphatic hydroxyl groups excluding tert-OH is 1. The highest BCUT2D eigenvalue weighted by Gasteiger charge is 2.33. The Kier molecular flexibility index (Phi) is 5.75. The van der Waals surface area contributed by atoms with Crippen LogP contribution in [-0.4, -0.2) is 18.4 Å². The molecule has 3 aromatic rings. The van der Waals surface area contributed by atoms with Gasteiger partial charge in [0.1, 0.15) is 0 Å². The average Bonchev–Trinajstić information content (AvgIpc) is 2.72. The van der Waals surface area contributed by atoms with Crippen molar-refractivity contribution in [1.29, 1.82) is 0 Å². The first-order valence-corrected chi connectivity index (χ1v) is 10.1.